The first-order valence-corrected chi connectivity index (χ1v) is 21.1. The minimum absolute atomic E-state index is 0.145. The van der Waals surface area contributed by atoms with Crippen molar-refractivity contribution in [1.29, 1.82) is 0 Å². The molecule has 0 radical (unpaired) electrons. The zero-order chi connectivity index (χ0) is 38.6. The second-order valence-electron chi connectivity index (χ2n) is 20.4. The minimum Gasteiger partial charge on any atom is -0.476 e. The minimum atomic E-state index is -1.15. The molecule has 0 unspecified atom stereocenters. The summed E-state index contributed by atoms with van der Waals surface area (Å²) in [5, 5.41) is 0. The Morgan fingerprint density at radius 1 is 0.635 bits per heavy atom. The van der Waals surface area contributed by atoms with Gasteiger partial charge < -0.3 is 9.47 Å². The molecule has 52 heavy (non-hydrogen) atoms. The zero-order valence-electron chi connectivity index (χ0n) is 35.3. The van der Waals surface area contributed by atoms with Gasteiger partial charge in [-0.25, -0.2) is 4.79 Å². The summed E-state index contributed by atoms with van der Waals surface area (Å²) in [7, 11) is -0.303. The molecule has 4 aliphatic rings. The molecule has 0 spiro atoms. The Morgan fingerprint density at radius 2 is 1.06 bits per heavy atom. The third kappa shape index (κ3) is 8.03. The molecule has 4 saturated carbocycles. The number of rotatable bonds is 7. The van der Waals surface area contributed by atoms with E-state index in [1.165, 1.54) is 63.5 Å². The molecule has 284 valence electrons. The van der Waals surface area contributed by atoms with Gasteiger partial charge in [-0.3, -0.25) is 0 Å². The number of benzene rings is 3. The zero-order valence-corrected chi connectivity index (χ0v) is 36.1. The maximum absolute atomic E-state index is 14.6. The predicted molar refractivity (Wildman–Crippen MR) is 220 cm³/mol. The molecule has 0 saturated heterocycles. The molecule has 3 nitrogen and oxygen atoms in total. The van der Waals surface area contributed by atoms with E-state index < -0.39 is 11.2 Å². The maximum Gasteiger partial charge on any atom is 0.350 e. The van der Waals surface area contributed by atoms with Crippen LogP contribution in [0.25, 0.3) is 0 Å². The van der Waals surface area contributed by atoms with Crippen LogP contribution in [0.2, 0.25) is 0 Å². The molecule has 0 heterocycles. The van der Waals surface area contributed by atoms with Crippen LogP contribution in [0.4, 0.5) is 0 Å². The molecular formula is C48H69O3S+. The lowest BCUT2D eigenvalue weighted by Gasteiger charge is -2.64. The van der Waals surface area contributed by atoms with E-state index in [0.29, 0.717) is 17.3 Å². The van der Waals surface area contributed by atoms with Crippen LogP contribution in [-0.4, -0.2) is 17.2 Å². The molecule has 3 aromatic carbocycles. The average molecular weight is 726 g/mol. The van der Waals surface area contributed by atoms with Gasteiger partial charge in [0, 0.05) is 33.9 Å². The van der Waals surface area contributed by atoms with Gasteiger partial charge in [-0.1, -0.05) is 106 Å². The Labute approximate surface area is 320 Å². The highest BCUT2D eigenvalue weighted by molar-refractivity contribution is 7.97. The highest BCUT2D eigenvalue weighted by atomic mass is 32.2. The van der Waals surface area contributed by atoms with Crippen molar-refractivity contribution in [3.05, 3.63) is 82.9 Å². The van der Waals surface area contributed by atoms with Crippen molar-refractivity contribution in [2.75, 3.05) is 0 Å². The van der Waals surface area contributed by atoms with Gasteiger partial charge in [-0.15, -0.1) is 0 Å². The lowest BCUT2D eigenvalue weighted by Crippen LogP contribution is -2.66. The number of ether oxygens (including phenoxy) is 2. The number of carbonyl (C=O) groups is 1. The van der Waals surface area contributed by atoms with Gasteiger partial charge >= 0.3 is 5.97 Å². The fraction of sp³-hybridized carbons (Fsp3) is 0.604. The predicted octanol–water partition coefficient (Wildman–Crippen LogP) is 13.0. The first kappa shape index (κ1) is 40.5. The van der Waals surface area contributed by atoms with E-state index >= 15 is 0 Å². The quantitative estimate of drug-likeness (QED) is 0.180. The smallest absolute Gasteiger partial charge is 0.350 e. The van der Waals surface area contributed by atoms with Crippen molar-refractivity contribution in [2.24, 2.45) is 34.5 Å². The molecule has 0 N–H and O–H groups in total. The van der Waals surface area contributed by atoms with Gasteiger partial charge in [0.1, 0.15) is 11.4 Å². The highest BCUT2D eigenvalue weighted by Gasteiger charge is 2.65. The lowest BCUT2D eigenvalue weighted by molar-refractivity contribution is -0.252. The van der Waals surface area contributed by atoms with Crippen molar-refractivity contribution < 1.29 is 14.3 Å². The van der Waals surface area contributed by atoms with Crippen LogP contribution in [0.3, 0.4) is 0 Å². The van der Waals surface area contributed by atoms with Crippen LogP contribution >= 0.6 is 0 Å². The standard InChI is InChI=1S/C43H57O3S.C5H12/c1-27-28(2)38(47(34-18-14-12-15-19-34)35-20-16-13-17-21-35)29(3)36(40(4,5)6)37(27)45-42(10,11)39(44)46-43(41(7,8)9)32-23-30-22-31(25-32)26-33(43)24-30;1-5(2,3)4/h12-21,30-33H,22-26H2,1-11H3;1-4H3/q+1;. The SMILES string of the molecule is CC(C)(C)C.Cc1c(C)c([S+](c2ccccc2)c2ccccc2)c(C)c(C(C)(C)C)c1OC(C)(C)C(=O)OC1(C(C)(C)C)C2CC3CC(C2)CC1C3. The van der Waals surface area contributed by atoms with Gasteiger partial charge in [-0.05, 0) is 119 Å². The largest absolute Gasteiger partial charge is 0.476 e. The molecule has 0 amide bonds. The van der Waals surface area contributed by atoms with Gasteiger partial charge in [0.05, 0.1) is 10.9 Å². The van der Waals surface area contributed by atoms with Crippen molar-refractivity contribution in [3.8, 4) is 5.75 Å². The van der Waals surface area contributed by atoms with E-state index in [2.05, 4.69) is 151 Å². The summed E-state index contributed by atoms with van der Waals surface area (Å²) in [6, 6.07) is 21.7. The van der Waals surface area contributed by atoms with Crippen LogP contribution in [-0.2, 0) is 25.8 Å². The summed E-state index contributed by atoms with van der Waals surface area (Å²) in [6.07, 6.45) is 6.14. The van der Waals surface area contributed by atoms with Gasteiger partial charge in [0.15, 0.2) is 20.3 Å². The summed E-state index contributed by atoms with van der Waals surface area (Å²) in [6.45, 7) is 32.9. The van der Waals surface area contributed by atoms with E-state index in [4.69, 9.17) is 9.47 Å². The third-order valence-electron chi connectivity index (χ3n) is 11.7. The molecule has 0 aliphatic heterocycles. The molecule has 3 aromatic rings. The summed E-state index contributed by atoms with van der Waals surface area (Å²) in [5.41, 5.74) is 3.26. The molecule has 4 heteroatoms. The normalized spacial score (nSPS) is 24.4. The van der Waals surface area contributed by atoms with Crippen molar-refractivity contribution >= 4 is 16.9 Å². The molecule has 0 aromatic heterocycles. The Morgan fingerprint density at radius 3 is 1.44 bits per heavy atom. The van der Waals surface area contributed by atoms with Gasteiger partial charge in [0.2, 0.25) is 0 Å². The third-order valence-corrected chi connectivity index (χ3v) is 14.2. The summed E-state index contributed by atoms with van der Waals surface area (Å²) < 4.78 is 14.0. The van der Waals surface area contributed by atoms with E-state index in [9.17, 15) is 4.79 Å². The Balaban J connectivity index is 0.000000979. The maximum atomic E-state index is 14.6. The molecule has 0 atom stereocenters. The van der Waals surface area contributed by atoms with E-state index in [1.807, 2.05) is 13.8 Å². The van der Waals surface area contributed by atoms with Crippen LogP contribution in [0.15, 0.2) is 75.4 Å². The van der Waals surface area contributed by atoms with Crippen LogP contribution in [0.1, 0.15) is 137 Å². The number of hydrogen-bond donors (Lipinski definition) is 0. The van der Waals surface area contributed by atoms with Gasteiger partial charge in [0.25, 0.3) is 0 Å². The Hall–Kier alpha value is -2.72. The number of hydrogen-bond acceptors (Lipinski definition) is 3. The molecular weight excluding hydrogens is 657 g/mol. The Bertz CT molecular complexity index is 1640. The van der Waals surface area contributed by atoms with Crippen LogP contribution in [0.5, 0.6) is 5.75 Å². The van der Waals surface area contributed by atoms with Crippen molar-refractivity contribution in [2.45, 2.75) is 167 Å². The summed E-state index contributed by atoms with van der Waals surface area (Å²) in [5.74, 6) is 3.07. The first-order chi connectivity index (χ1) is 24.0. The number of esters is 1. The fourth-order valence-corrected chi connectivity index (χ4v) is 12.4. The molecule has 4 bridgehead atoms. The van der Waals surface area contributed by atoms with Crippen LogP contribution < -0.4 is 4.74 Å². The molecule has 4 fully saturated rings. The van der Waals surface area contributed by atoms with Crippen molar-refractivity contribution in [1.82, 2.24) is 0 Å². The topological polar surface area (TPSA) is 35.5 Å². The second kappa shape index (κ2) is 14.5. The van der Waals surface area contributed by atoms with E-state index in [0.717, 1.165) is 23.1 Å². The van der Waals surface area contributed by atoms with Crippen LogP contribution in [0, 0.1) is 55.3 Å². The van der Waals surface area contributed by atoms with E-state index in [1.54, 1.807) is 0 Å². The molecule has 4 aliphatic carbocycles. The van der Waals surface area contributed by atoms with Crippen molar-refractivity contribution in [3.63, 3.8) is 0 Å². The highest BCUT2D eigenvalue weighted by Crippen LogP contribution is 2.64. The first-order valence-electron chi connectivity index (χ1n) is 19.9. The van der Waals surface area contributed by atoms with Gasteiger partial charge in [-0.2, -0.15) is 0 Å². The van der Waals surface area contributed by atoms with E-state index in [-0.39, 0.29) is 27.7 Å². The summed E-state index contributed by atoms with van der Waals surface area (Å²) in [4.78, 5) is 18.5. The summed E-state index contributed by atoms with van der Waals surface area (Å²) >= 11 is 0. The number of carbonyl (C=O) groups excluding carboxylic acids is 1. The average Bonchev–Trinajstić information content (AvgIpc) is 3.02. The monoisotopic (exact) mass is 725 g/mol. The second-order valence-corrected chi connectivity index (χ2v) is 22.4. The molecule has 7 rings (SSSR count). The lowest BCUT2D eigenvalue weighted by atomic mass is 9.45. The Kier molecular flexibility index (Phi) is 11.3. The fourth-order valence-electron chi connectivity index (χ4n) is 9.92.